The van der Waals surface area contributed by atoms with Gasteiger partial charge in [-0.3, -0.25) is 4.79 Å². The fourth-order valence-corrected chi connectivity index (χ4v) is 1.22. The maximum Gasteiger partial charge on any atom is 0.305 e. The number of ether oxygens (including phenoxy) is 1. The standard InChI is InChI=1S/C12H24O2/c1-4-5-10-14-12(13)9-7-6-8-11(2)3/h11H,4-10H2,1-3H3. The second kappa shape index (κ2) is 9.04. The molecule has 0 aromatic rings. The van der Waals surface area contributed by atoms with Gasteiger partial charge in [0.2, 0.25) is 0 Å². The van der Waals surface area contributed by atoms with Crippen molar-refractivity contribution < 1.29 is 9.53 Å². The lowest BCUT2D eigenvalue weighted by Crippen LogP contribution is -2.05. The van der Waals surface area contributed by atoms with E-state index in [2.05, 4.69) is 20.8 Å². The highest BCUT2D eigenvalue weighted by atomic mass is 16.5. The van der Waals surface area contributed by atoms with E-state index in [1.807, 2.05) is 0 Å². The van der Waals surface area contributed by atoms with Crippen LogP contribution in [0.15, 0.2) is 0 Å². The average Bonchev–Trinajstić information content (AvgIpc) is 2.13. The van der Waals surface area contributed by atoms with Gasteiger partial charge in [0.15, 0.2) is 0 Å². The number of hydrogen-bond donors (Lipinski definition) is 0. The highest BCUT2D eigenvalue weighted by molar-refractivity contribution is 5.69. The SMILES string of the molecule is CCCCOC(=O)CCCCC(C)C. The van der Waals surface area contributed by atoms with Crippen LogP contribution in [0.2, 0.25) is 0 Å². The summed E-state index contributed by atoms with van der Waals surface area (Å²) in [5, 5.41) is 0. The molecule has 2 nitrogen and oxygen atoms in total. The number of carbonyl (C=O) groups excluding carboxylic acids is 1. The van der Waals surface area contributed by atoms with Crippen molar-refractivity contribution >= 4 is 5.97 Å². The Kier molecular flexibility index (Phi) is 8.70. The molecule has 84 valence electrons. The molecule has 14 heavy (non-hydrogen) atoms. The highest BCUT2D eigenvalue weighted by Crippen LogP contribution is 2.08. The molecule has 0 saturated carbocycles. The molecule has 0 aromatic heterocycles. The molecule has 0 aliphatic rings. The summed E-state index contributed by atoms with van der Waals surface area (Å²) in [6, 6.07) is 0. The van der Waals surface area contributed by atoms with Crippen LogP contribution in [-0.4, -0.2) is 12.6 Å². The lowest BCUT2D eigenvalue weighted by Gasteiger charge is -2.05. The summed E-state index contributed by atoms with van der Waals surface area (Å²) in [5.74, 6) is 0.716. The minimum absolute atomic E-state index is 0.0257. The molecule has 0 radical (unpaired) electrons. The Balaban J connectivity index is 3.18. The van der Waals surface area contributed by atoms with Crippen LogP contribution in [0.25, 0.3) is 0 Å². The van der Waals surface area contributed by atoms with E-state index < -0.39 is 0 Å². The van der Waals surface area contributed by atoms with Crippen LogP contribution in [0.1, 0.15) is 59.3 Å². The third kappa shape index (κ3) is 9.56. The van der Waals surface area contributed by atoms with Crippen molar-refractivity contribution in [3.63, 3.8) is 0 Å². The van der Waals surface area contributed by atoms with Gasteiger partial charge in [-0.2, -0.15) is 0 Å². The Bertz CT molecular complexity index is 141. The zero-order valence-corrected chi connectivity index (χ0v) is 9.84. The van der Waals surface area contributed by atoms with Crippen LogP contribution >= 0.6 is 0 Å². The van der Waals surface area contributed by atoms with E-state index in [9.17, 15) is 4.79 Å². The number of carbonyl (C=O) groups is 1. The maximum atomic E-state index is 11.1. The molecule has 0 spiro atoms. The summed E-state index contributed by atoms with van der Waals surface area (Å²) in [6.07, 6.45) is 5.99. The summed E-state index contributed by atoms with van der Waals surface area (Å²) in [4.78, 5) is 11.1. The van der Waals surface area contributed by atoms with E-state index in [0.717, 1.165) is 31.6 Å². The fourth-order valence-electron chi connectivity index (χ4n) is 1.22. The summed E-state index contributed by atoms with van der Waals surface area (Å²) in [5.41, 5.74) is 0. The number of hydrogen-bond acceptors (Lipinski definition) is 2. The summed E-state index contributed by atoms with van der Waals surface area (Å²) < 4.78 is 5.05. The van der Waals surface area contributed by atoms with Gasteiger partial charge in [0.05, 0.1) is 6.61 Å². The molecule has 0 N–H and O–H groups in total. The monoisotopic (exact) mass is 200 g/mol. The third-order valence-corrected chi connectivity index (χ3v) is 2.17. The van der Waals surface area contributed by atoms with E-state index in [-0.39, 0.29) is 5.97 Å². The first-order valence-electron chi connectivity index (χ1n) is 5.82. The van der Waals surface area contributed by atoms with Crippen molar-refractivity contribution in [3.05, 3.63) is 0 Å². The molecule has 0 aromatic carbocycles. The van der Waals surface area contributed by atoms with Gasteiger partial charge < -0.3 is 4.74 Å². The molecule has 0 bridgehead atoms. The van der Waals surface area contributed by atoms with E-state index >= 15 is 0 Å². The van der Waals surface area contributed by atoms with Gasteiger partial charge in [-0.1, -0.05) is 40.0 Å². The zero-order chi connectivity index (χ0) is 10.8. The molecule has 0 saturated heterocycles. The lowest BCUT2D eigenvalue weighted by atomic mass is 10.1. The molecular formula is C12H24O2. The molecule has 0 amide bonds. The first kappa shape index (κ1) is 13.5. The third-order valence-electron chi connectivity index (χ3n) is 2.17. The van der Waals surface area contributed by atoms with E-state index in [1.54, 1.807) is 0 Å². The zero-order valence-electron chi connectivity index (χ0n) is 9.84. The topological polar surface area (TPSA) is 26.3 Å². The van der Waals surface area contributed by atoms with Crippen molar-refractivity contribution in [2.75, 3.05) is 6.61 Å². The van der Waals surface area contributed by atoms with E-state index in [1.165, 1.54) is 6.42 Å². The smallest absolute Gasteiger partial charge is 0.305 e. The van der Waals surface area contributed by atoms with E-state index in [4.69, 9.17) is 4.74 Å². The van der Waals surface area contributed by atoms with Gasteiger partial charge in [-0.25, -0.2) is 0 Å². The van der Waals surface area contributed by atoms with Crippen LogP contribution in [0.5, 0.6) is 0 Å². The van der Waals surface area contributed by atoms with Crippen molar-refractivity contribution in [3.8, 4) is 0 Å². The average molecular weight is 200 g/mol. The quantitative estimate of drug-likeness (QED) is 0.442. The van der Waals surface area contributed by atoms with Crippen molar-refractivity contribution in [2.45, 2.75) is 59.3 Å². The normalized spacial score (nSPS) is 10.6. The molecule has 0 aliphatic heterocycles. The van der Waals surface area contributed by atoms with Crippen molar-refractivity contribution in [1.29, 1.82) is 0 Å². The number of rotatable bonds is 8. The second-order valence-corrected chi connectivity index (χ2v) is 4.21. The van der Waals surface area contributed by atoms with Crippen LogP contribution in [0.3, 0.4) is 0 Å². The van der Waals surface area contributed by atoms with Crippen LogP contribution in [0.4, 0.5) is 0 Å². The Morgan fingerprint density at radius 3 is 2.50 bits per heavy atom. The van der Waals surface area contributed by atoms with Crippen molar-refractivity contribution in [2.24, 2.45) is 5.92 Å². The van der Waals surface area contributed by atoms with Gasteiger partial charge in [0.25, 0.3) is 0 Å². The first-order valence-corrected chi connectivity index (χ1v) is 5.82. The Morgan fingerprint density at radius 1 is 1.21 bits per heavy atom. The number of esters is 1. The fraction of sp³-hybridized carbons (Fsp3) is 0.917. The molecule has 0 atom stereocenters. The predicted molar refractivity (Wildman–Crippen MR) is 59.2 cm³/mol. The molecule has 0 aliphatic carbocycles. The molecular weight excluding hydrogens is 176 g/mol. The van der Waals surface area contributed by atoms with Gasteiger partial charge in [0.1, 0.15) is 0 Å². The molecule has 0 rings (SSSR count). The van der Waals surface area contributed by atoms with Crippen LogP contribution < -0.4 is 0 Å². The second-order valence-electron chi connectivity index (χ2n) is 4.21. The summed E-state index contributed by atoms with van der Waals surface area (Å²) >= 11 is 0. The number of unbranched alkanes of at least 4 members (excludes halogenated alkanes) is 2. The van der Waals surface area contributed by atoms with Gasteiger partial charge in [-0.15, -0.1) is 0 Å². The lowest BCUT2D eigenvalue weighted by molar-refractivity contribution is -0.143. The van der Waals surface area contributed by atoms with Crippen LogP contribution in [0, 0.1) is 5.92 Å². The predicted octanol–water partition coefficient (Wildman–Crippen LogP) is 3.55. The largest absolute Gasteiger partial charge is 0.466 e. The molecule has 0 fully saturated rings. The molecule has 0 unspecified atom stereocenters. The Morgan fingerprint density at radius 2 is 1.93 bits per heavy atom. The van der Waals surface area contributed by atoms with Gasteiger partial charge in [-0.05, 0) is 18.8 Å². The highest BCUT2D eigenvalue weighted by Gasteiger charge is 2.02. The summed E-state index contributed by atoms with van der Waals surface area (Å²) in [7, 11) is 0. The maximum absolute atomic E-state index is 11.1. The Labute approximate surface area is 88.0 Å². The molecule has 2 heteroatoms. The minimum atomic E-state index is -0.0257. The Hall–Kier alpha value is -0.530. The van der Waals surface area contributed by atoms with E-state index in [0.29, 0.717) is 13.0 Å². The summed E-state index contributed by atoms with van der Waals surface area (Å²) in [6.45, 7) is 7.11. The first-order chi connectivity index (χ1) is 6.66. The van der Waals surface area contributed by atoms with Gasteiger partial charge >= 0.3 is 5.97 Å². The van der Waals surface area contributed by atoms with Crippen LogP contribution in [-0.2, 0) is 9.53 Å². The molecule has 0 heterocycles. The van der Waals surface area contributed by atoms with Gasteiger partial charge in [0, 0.05) is 6.42 Å². The minimum Gasteiger partial charge on any atom is -0.466 e. The van der Waals surface area contributed by atoms with Crippen molar-refractivity contribution in [1.82, 2.24) is 0 Å².